The van der Waals surface area contributed by atoms with Crippen LogP contribution in [0, 0.1) is 11.6 Å². The van der Waals surface area contributed by atoms with Crippen molar-refractivity contribution >= 4 is 5.78 Å². The number of methoxy groups -OCH3 is 1. The number of Topliss-reactive ketones (excluding diaryl/α,β-unsaturated/α-hetero) is 1. The zero-order valence-corrected chi connectivity index (χ0v) is 16.4. The minimum Gasteiger partial charge on any atom is -0.493 e. The average molecular weight is 393 g/mol. The predicted octanol–water partition coefficient (Wildman–Crippen LogP) is 3.61. The second-order valence-corrected chi connectivity index (χ2v) is 6.68. The van der Waals surface area contributed by atoms with E-state index in [9.17, 15) is 18.7 Å². The molecule has 0 radical (unpaired) electrons. The Balaban J connectivity index is 1.95. The van der Waals surface area contributed by atoms with Gasteiger partial charge in [0.25, 0.3) is 0 Å². The summed E-state index contributed by atoms with van der Waals surface area (Å²) < 4.78 is 37.4. The van der Waals surface area contributed by atoms with Gasteiger partial charge in [-0.25, -0.2) is 8.78 Å². The van der Waals surface area contributed by atoms with Gasteiger partial charge in [0.2, 0.25) is 0 Å². The summed E-state index contributed by atoms with van der Waals surface area (Å²) in [6.07, 6.45) is -0.824. The maximum atomic E-state index is 13.4. The summed E-state index contributed by atoms with van der Waals surface area (Å²) in [5, 5.41) is 10.3. The van der Waals surface area contributed by atoms with Gasteiger partial charge in [-0.3, -0.25) is 9.69 Å². The fourth-order valence-electron chi connectivity index (χ4n) is 2.76. The smallest absolute Gasteiger partial charge is 0.161 e. The maximum absolute atomic E-state index is 13.4. The monoisotopic (exact) mass is 393 g/mol. The molecule has 2 atom stereocenters. The number of halogens is 2. The van der Waals surface area contributed by atoms with E-state index in [1.165, 1.54) is 20.1 Å². The summed E-state index contributed by atoms with van der Waals surface area (Å²) in [6, 6.07) is 8.37. The van der Waals surface area contributed by atoms with E-state index in [1.54, 1.807) is 25.2 Å². The Morgan fingerprint density at radius 3 is 2.46 bits per heavy atom. The predicted molar refractivity (Wildman–Crippen MR) is 102 cm³/mol. The molecule has 0 amide bonds. The molecule has 0 aliphatic heterocycles. The van der Waals surface area contributed by atoms with E-state index in [1.807, 2.05) is 11.8 Å². The maximum Gasteiger partial charge on any atom is 0.161 e. The van der Waals surface area contributed by atoms with Crippen LogP contribution in [-0.2, 0) is 0 Å². The van der Waals surface area contributed by atoms with Crippen molar-refractivity contribution < 1.29 is 28.2 Å². The van der Waals surface area contributed by atoms with Crippen LogP contribution in [0.3, 0.4) is 0 Å². The van der Waals surface area contributed by atoms with Gasteiger partial charge in [-0.1, -0.05) is 6.07 Å². The number of ketones is 1. The molecule has 0 aliphatic rings. The average Bonchev–Trinajstić information content (AvgIpc) is 2.67. The zero-order valence-electron chi connectivity index (χ0n) is 16.4. The standard InChI is InChI=1S/C21H25F2NO4/c1-13(15-5-7-18(22)19(23)9-15)24(3)11-17(26)12-28-20-8-6-16(14(2)25)10-21(20)27-4/h5-10,13,17,26H,11-12H2,1-4H3/t13-,17+/m1/s1. The van der Waals surface area contributed by atoms with Crippen molar-refractivity contribution in [3.05, 3.63) is 59.2 Å². The third-order valence-electron chi connectivity index (χ3n) is 4.59. The molecule has 28 heavy (non-hydrogen) atoms. The highest BCUT2D eigenvalue weighted by atomic mass is 19.2. The molecule has 0 aliphatic carbocycles. The summed E-state index contributed by atoms with van der Waals surface area (Å²) >= 11 is 0. The van der Waals surface area contributed by atoms with Gasteiger partial charge in [0.15, 0.2) is 28.9 Å². The number of carbonyl (C=O) groups excluding carboxylic acids is 1. The lowest BCUT2D eigenvalue weighted by molar-refractivity contribution is 0.0643. The van der Waals surface area contributed by atoms with E-state index in [2.05, 4.69) is 0 Å². The fraction of sp³-hybridized carbons (Fsp3) is 0.381. The Bertz CT molecular complexity index is 828. The summed E-state index contributed by atoms with van der Waals surface area (Å²) in [6.45, 7) is 3.56. The number of nitrogens with zero attached hydrogens (tertiary/aromatic N) is 1. The minimum atomic E-state index is -0.900. The van der Waals surface area contributed by atoms with Crippen LogP contribution in [0.15, 0.2) is 36.4 Å². The van der Waals surface area contributed by atoms with Gasteiger partial charge in [-0.15, -0.1) is 0 Å². The first-order valence-electron chi connectivity index (χ1n) is 8.88. The van der Waals surface area contributed by atoms with E-state index >= 15 is 0 Å². The highest BCUT2D eigenvalue weighted by Gasteiger charge is 2.18. The molecule has 5 nitrogen and oxygen atoms in total. The highest BCUT2D eigenvalue weighted by molar-refractivity contribution is 5.94. The molecule has 2 rings (SSSR count). The SMILES string of the molecule is COc1cc(C(C)=O)ccc1OC[C@@H](O)CN(C)[C@H](C)c1ccc(F)c(F)c1. The summed E-state index contributed by atoms with van der Waals surface area (Å²) in [5.74, 6) is -1.05. The van der Waals surface area contributed by atoms with Crippen molar-refractivity contribution in [2.75, 3.05) is 27.3 Å². The molecular weight excluding hydrogens is 368 g/mol. The Morgan fingerprint density at radius 1 is 1.14 bits per heavy atom. The first-order chi connectivity index (χ1) is 13.2. The molecule has 152 valence electrons. The highest BCUT2D eigenvalue weighted by Crippen LogP contribution is 2.28. The molecule has 0 saturated heterocycles. The first-order valence-corrected chi connectivity index (χ1v) is 8.88. The number of carbonyl (C=O) groups is 1. The Kier molecular flexibility index (Phi) is 7.48. The van der Waals surface area contributed by atoms with E-state index in [-0.39, 0.29) is 25.0 Å². The van der Waals surface area contributed by atoms with Crippen LogP contribution in [0.4, 0.5) is 8.78 Å². The van der Waals surface area contributed by atoms with Crippen molar-refractivity contribution in [2.45, 2.75) is 26.0 Å². The summed E-state index contributed by atoms with van der Waals surface area (Å²) in [4.78, 5) is 13.3. The van der Waals surface area contributed by atoms with Crippen LogP contribution >= 0.6 is 0 Å². The van der Waals surface area contributed by atoms with Gasteiger partial charge in [-0.2, -0.15) is 0 Å². The zero-order chi connectivity index (χ0) is 20.8. The largest absolute Gasteiger partial charge is 0.493 e. The van der Waals surface area contributed by atoms with Crippen LogP contribution in [0.25, 0.3) is 0 Å². The van der Waals surface area contributed by atoms with E-state index in [0.717, 1.165) is 12.1 Å². The topological polar surface area (TPSA) is 59.0 Å². The second-order valence-electron chi connectivity index (χ2n) is 6.68. The van der Waals surface area contributed by atoms with E-state index in [4.69, 9.17) is 9.47 Å². The van der Waals surface area contributed by atoms with Gasteiger partial charge in [0, 0.05) is 18.2 Å². The Morgan fingerprint density at radius 2 is 1.86 bits per heavy atom. The number of hydrogen-bond acceptors (Lipinski definition) is 5. The van der Waals surface area contributed by atoms with Crippen molar-refractivity contribution in [2.24, 2.45) is 0 Å². The lowest BCUT2D eigenvalue weighted by Gasteiger charge is -2.27. The summed E-state index contributed by atoms with van der Waals surface area (Å²) in [7, 11) is 3.25. The fourth-order valence-corrected chi connectivity index (χ4v) is 2.76. The number of aliphatic hydroxyl groups excluding tert-OH is 1. The van der Waals surface area contributed by atoms with Crippen molar-refractivity contribution in [3.63, 3.8) is 0 Å². The number of benzene rings is 2. The first kappa shape index (κ1) is 21.8. The van der Waals surface area contributed by atoms with Gasteiger partial charge in [0.1, 0.15) is 12.7 Å². The van der Waals surface area contributed by atoms with E-state index < -0.39 is 17.7 Å². The molecule has 2 aromatic rings. The van der Waals surface area contributed by atoms with Crippen LogP contribution in [0.5, 0.6) is 11.5 Å². The number of aliphatic hydroxyl groups is 1. The molecule has 0 saturated carbocycles. The lowest BCUT2D eigenvalue weighted by atomic mass is 10.1. The molecule has 1 N–H and O–H groups in total. The van der Waals surface area contributed by atoms with Crippen LogP contribution in [-0.4, -0.2) is 49.2 Å². The number of hydrogen-bond donors (Lipinski definition) is 1. The molecule has 2 aromatic carbocycles. The third kappa shape index (κ3) is 5.50. The Labute approximate surface area is 163 Å². The molecule has 0 heterocycles. The van der Waals surface area contributed by atoms with Crippen LogP contribution < -0.4 is 9.47 Å². The van der Waals surface area contributed by atoms with Gasteiger partial charge in [0.05, 0.1) is 7.11 Å². The second kappa shape index (κ2) is 9.61. The quantitative estimate of drug-likeness (QED) is 0.660. The van der Waals surface area contributed by atoms with Crippen molar-refractivity contribution in [1.29, 1.82) is 0 Å². The molecule has 0 unspecified atom stereocenters. The molecule has 0 spiro atoms. The minimum absolute atomic E-state index is 0.00458. The van der Waals surface area contributed by atoms with Crippen LogP contribution in [0.2, 0.25) is 0 Å². The number of rotatable bonds is 9. The van der Waals surface area contributed by atoms with Gasteiger partial charge in [-0.05, 0) is 56.8 Å². The molecular formula is C21H25F2NO4. The molecule has 0 fully saturated rings. The van der Waals surface area contributed by atoms with Crippen molar-refractivity contribution in [3.8, 4) is 11.5 Å². The normalized spacial score (nSPS) is 13.3. The number of likely N-dealkylation sites (N-methyl/N-ethyl adjacent to an activating group) is 1. The number of ether oxygens (including phenoxy) is 2. The van der Waals surface area contributed by atoms with E-state index in [0.29, 0.717) is 22.6 Å². The molecule has 0 bridgehead atoms. The van der Waals surface area contributed by atoms with Crippen LogP contribution in [0.1, 0.15) is 35.8 Å². The third-order valence-corrected chi connectivity index (χ3v) is 4.59. The van der Waals surface area contributed by atoms with Gasteiger partial charge >= 0.3 is 0 Å². The lowest BCUT2D eigenvalue weighted by Crippen LogP contribution is -2.34. The van der Waals surface area contributed by atoms with Gasteiger partial charge < -0.3 is 14.6 Å². The summed E-state index contributed by atoms with van der Waals surface area (Å²) in [5.41, 5.74) is 1.11. The Hall–Kier alpha value is -2.51. The molecule has 0 aromatic heterocycles. The van der Waals surface area contributed by atoms with Crippen molar-refractivity contribution in [1.82, 2.24) is 4.90 Å². The molecule has 7 heteroatoms.